The Labute approximate surface area is 151 Å². The normalized spacial score (nSPS) is 17.2. The van der Waals surface area contributed by atoms with Crippen LogP contribution in [0.5, 0.6) is 0 Å². The second-order valence-corrected chi connectivity index (χ2v) is 6.92. The van der Waals surface area contributed by atoms with E-state index < -0.39 is 0 Å². The van der Waals surface area contributed by atoms with E-state index in [9.17, 15) is 4.79 Å². The Kier molecular flexibility index (Phi) is 6.24. The molecule has 0 radical (unpaired) electrons. The number of likely N-dealkylation sites (tertiary alicyclic amines) is 1. The number of nitrogens with zero attached hydrogens (tertiary/aromatic N) is 1. The summed E-state index contributed by atoms with van der Waals surface area (Å²) in [6.45, 7) is 5.10. The summed E-state index contributed by atoms with van der Waals surface area (Å²) >= 11 is 0. The number of hydrogen-bond donors (Lipinski definition) is 1. The molecule has 132 valence electrons. The maximum Gasteiger partial charge on any atom is 0.223 e. The topological polar surface area (TPSA) is 32.3 Å². The molecule has 25 heavy (non-hydrogen) atoms. The number of rotatable bonds is 6. The Morgan fingerprint density at radius 1 is 1.04 bits per heavy atom. The van der Waals surface area contributed by atoms with Crippen molar-refractivity contribution in [3.05, 3.63) is 71.8 Å². The predicted octanol–water partition coefficient (Wildman–Crippen LogP) is 4.17. The van der Waals surface area contributed by atoms with Gasteiger partial charge in [-0.2, -0.15) is 0 Å². The number of carbonyl (C=O) groups excluding carboxylic acids is 1. The minimum atomic E-state index is 0.121. The van der Waals surface area contributed by atoms with Gasteiger partial charge in [0, 0.05) is 12.5 Å². The van der Waals surface area contributed by atoms with Gasteiger partial charge < -0.3 is 5.32 Å². The molecule has 0 aliphatic carbocycles. The Hall–Kier alpha value is -2.13. The summed E-state index contributed by atoms with van der Waals surface area (Å²) in [7, 11) is 0. The first kappa shape index (κ1) is 17.7. The zero-order valence-electron chi connectivity index (χ0n) is 15.0. The second kappa shape index (κ2) is 8.82. The van der Waals surface area contributed by atoms with Crippen LogP contribution in [-0.4, -0.2) is 23.9 Å². The van der Waals surface area contributed by atoms with Crippen molar-refractivity contribution in [1.29, 1.82) is 0 Å². The van der Waals surface area contributed by atoms with Crippen LogP contribution in [0.3, 0.4) is 0 Å². The number of carbonyl (C=O) groups is 1. The van der Waals surface area contributed by atoms with Crippen LogP contribution in [0.25, 0.3) is 0 Å². The van der Waals surface area contributed by atoms with Crippen molar-refractivity contribution in [2.24, 2.45) is 5.92 Å². The molecule has 1 fully saturated rings. The van der Waals surface area contributed by atoms with Crippen molar-refractivity contribution in [1.82, 2.24) is 10.2 Å². The smallest absolute Gasteiger partial charge is 0.223 e. The van der Waals surface area contributed by atoms with Gasteiger partial charge >= 0.3 is 0 Å². The van der Waals surface area contributed by atoms with E-state index in [4.69, 9.17) is 0 Å². The molecule has 1 amide bonds. The van der Waals surface area contributed by atoms with E-state index in [0.29, 0.717) is 0 Å². The molecular formula is C22H28N2O. The van der Waals surface area contributed by atoms with Gasteiger partial charge in [0.2, 0.25) is 5.91 Å². The van der Waals surface area contributed by atoms with Crippen LogP contribution >= 0.6 is 0 Å². The molecule has 1 heterocycles. The molecule has 3 nitrogen and oxygen atoms in total. The zero-order valence-corrected chi connectivity index (χ0v) is 15.0. The van der Waals surface area contributed by atoms with Gasteiger partial charge in [0.25, 0.3) is 0 Å². The van der Waals surface area contributed by atoms with E-state index in [2.05, 4.69) is 59.6 Å². The largest absolute Gasteiger partial charge is 0.349 e. The van der Waals surface area contributed by atoms with Gasteiger partial charge in [0.15, 0.2) is 0 Å². The summed E-state index contributed by atoms with van der Waals surface area (Å²) in [4.78, 5) is 15.1. The van der Waals surface area contributed by atoms with Gasteiger partial charge in [-0.15, -0.1) is 0 Å². The highest BCUT2D eigenvalue weighted by atomic mass is 16.1. The van der Waals surface area contributed by atoms with Crippen LogP contribution in [0.1, 0.15) is 43.4 Å². The van der Waals surface area contributed by atoms with E-state index >= 15 is 0 Å². The van der Waals surface area contributed by atoms with Crippen molar-refractivity contribution >= 4 is 5.91 Å². The third-order valence-corrected chi connectivity index (χ3v) is 5.13. The first-order valence-electron chi connectivity index (χ1n) is 9.38. The second-order valence-electron chi connectivity index (χ2n) is 6.92. The fraction of sp³-hybridized carbons (Fsp3) is 0.409. The van der Waals surface area contributed by atoms with E-state index in [0.717, 1.165) is 38.9 Å². The summed E-state index contributed by atoms with van der Waals surface area (Å²) in [5.41, 5.74) is 2.54. The average Bonchev–Trinajstić information content (AvgIpc) is 2.68. The lowest BCUT2D eigenvalue weighted by molar-refractivity contribution is -0.127. The van der Waals surface area contributed by atoms with Gasteiger partial charge in [-0.05, 0) is 43.5 Å². The molecule has 0 bridgehead atoms. The summed E-state index contributed by atoms with van der Waals surface area (Å²) in [5.74, 6) is 0.361. The lowest BCUT2D eigenvalue weighted by atomic mass is 9.94. The molecule has 2 aromatic rings. The minimum Gasteiger partial charge on any atom is -0.349 e. The van der Waals surface area contributed by atoms with Crippen LogP contribution in [0, 0.1) is 5.92 Å². The highest BCUT2D eigenvalue weighted by Gasteiger charge is 2.26. The first-order chi connectivity index (χ1) is 12.3. The molecular weight excluding hydrogens is 308 g/mol. The molecule has 3 rings (SSSR count). The van der Waals surface area contributed by atoms with Crippen molar-refractivity contribution in [2.45, 2.75) is 38.8 Å². The van der Waals surface area contributed by atoms with Gasteiger partial charge in [-0.25, -0.2) is 0 Å². The molecule has 1 unspecified atom stereocenters. The van der Waals surface area contributed by atoms with Crippen molar-refractivity contribution in [3.8, 4) is 0 Å². The molecule has 2 aromatic carbocycles. The van der Waals surface area contributed by atoms with E-state index in [1.165, 1.54) is 11.1 Å². The number of piperidine rings is 1. The lowest BCUT2D eigenvalue weighted by Gasteiger charge is -2.32. The molecule has 0 spiro atoms. The number of benzene rings is 2. The molecule has 3 heteroatoms. The zero-order chi connectivity index (χ0) is 17.5. The predicted molar refractivity (Wildman–Crippen MR) is 102 cm³/mol. The number of amides is 1. The van der Waals surface area contributed by atoms with E-state index in [1.54, 1.807) is 0 Å². The van der Waals surface area contributed by atoms with Crippen LogP contribution in [-0.2, 0) is 11.3 Å². The third-order valence-electron chi connectivity index (χ3n) is 5.13. The Balaban J connectivity index is 1.49. The van der Waals surface area contributed by atoms with Gasteiger partial charge in [0.1, 0.15) is 0 Å². The Bertz CT molecular complexity index is 648. The first-order valence-corrected chi connectivity index (χ1v) is 9.38. The highest BCUT2D eigenvalue weighted by molar-refractivity contribution is 5.79. The van der Waals surface area contributed by atoms with Gasteiger partial charge in [-0.1, -0.05) is 67.6 Å². The van der Waals surface area contributed by atoms with Crippen LogP contribution in [0.4, 0.5) is 0 Å². The number of hydrogen-bond acceptors (Lipinski definition) is 2. The maximum absolute atomic E-state index is 12.7. The monoisotopic (exact) mass is 336 g/mol. The van der Waals surface area contributed by atoms with E-state index in [1.807, 2.05) is 18.2 Å². The Morgan fingerprint density at radius 3 is 2.24 bits per heavy atom. The van der Waals surface area contributed by atoms with Gasteiger partial charge in [-0.3, -0.25) is 9.69 Å². The quantitative estimate of drug-likeness (QED) is 0.859. The van der Waals surface area contributed by atoms with Crippen LogP contribution in [0.15, 0.2) is 60.7 Å². The summed E-state index contributed by atoms with van der Waals surface area (Å²) < 4.78 is 0. The molecule has 1 saturated heterocycles. The van der Waals surface area contributed by atoms with Crippen molar-refractivity contribution < 1.29 is 4.79 Å². The fourth-order valence-corrected chi connectivity index (χ4v) is 3.59. The van der Waals surface area contributed by atoms with Crippen LogP contribution < -0.4 is 5.32 Å². The summed E-state index contributed by atoms with van der Waals surface area (Å²) in [6, 6.07) is 21.0. The van der Waals surface area contributed by atoms with Crippen molar-refractivity contribution in [3.63, 3.8) is 0 Å². The fourth-order valence-electron chi connectivity index (χ4n) is 3.59. The van der Waals surface area contributed by atoms with Crippen LogP contribution in [0.2, 0.25) is 0 Å². The van der Waals surface area contributed by atoms with Gasteiger partial charge in [0.05, 0.1) is 6.04 Å². The standard InChI is InChI=1S/C22H28N2O/c1-2-21(19-11-7-4-8-12-19)23-22(25)20-13-15-24(16-14-20)17-18-9-5-3-6-10-18/h3-12,20-21H,2,13-17H2,1H3,(H,23,25). The molecule has 1 aliphatic rings. The SMILES string of the molecule is CCC(NC(=O)C1CCN(Cc2ccccc2)CC1)c1ccccc1. The number of nitrogens with one attached hydrogen (secondary N) is 1. The Morgan fingerprint density at radius 2 is 1.64 bits per heavy atom. The average molecular weight is 336 g/mol. The molecule has 1 aliphatic heterocycles. The summed E-state index contributed by atoms with van der Waals surface area (Å²) in [6.07, 6.45) is 2.82. The highest BCUT2D eigenvalue weighted by Crippen LogP contribution is 2.22. The minimum absolute atomic E-state index is 0.121. The molecule has 1 N–H and O–H groups in total. The maximum atomic E-state index is 12.7. The molecule has 1 atom stereocenters. The lowest BCUT2D eigenvalue weighted by Crippen LogP contribution is -2.41. The van der Waals surface area contributed by atoms with E-state index in [-0.39, 0.29) is 17.9 Å². The summed E-state index contributed by atoms with van der Waals surface area (Å²) in [5, 5.41) is 3.26. The third kappa shape index (κ3) is 4.93. The molecule has 0 aromatic heterocycles. The van der Waals surface area contributed by atoms with Crippen molar-refractivity contribution in [2.75, 3.05) is 13.1 Å². The molecule has 0 saturated carbocycles.